The Morgan fingerprint density at radius 1 is 1.36 bits per heavy atom. The summed E-state index contributed by atoms with van der Waals surface area (Å²) in [6, 6.07) is 10.5. The predicted octanol–water partition coefficient (Wildman–Crippen LogP) is 2.14. The first-order valence-corrected chi connectivity index (χ1v) is 5.10. The minimum absolute atomic E-state index is 0.278. The van der Waals surface area contributed by atoms with Crippen molar-refractivity contribution in [2.24, 2.45) is 0 Å². The molecule has 0 radical (unpaired) electrons. The highest BCUT2D eigenvalue weighted by Gasteiger charge is 2.06. The van der Waals surface area contributed by atoms with E-state index in [4.69, 9.17) is 0 Å². The molecule has 1 N–H and O–H groups in total. The average Bonchev–Trinajstić information content (AvgIpc) is 2.20. The molecule has 1 rings (SSSR count). The minimum Gasteiger partial charge on any atom is -0.356 e. The summed E-state index contributed by atoms with van der Waals surface area (Å²) in [5.41, 5.74) is 1.28. The largest absolute Gasteiger partial charge is 0.356 e. The molecule has 1 amide bonds. The van der Waals surface area contributed by atoms with Gasteiger partial charge in [0.1, 0.15) is 0 Å². The first kappa shape index (κ1) is 10.8. The molecule has 0 spiro atoms. The Morgan fingerprint density at radius 2 is 2.07 bits per heavy atom. The van der Waals surface area contributed by atoms with E-state index in [1.165, 1.54) is 5.56 Å². The molecule has 0 aliphatic carbocycles. The van der Waals surface area contributed by atoms with Gasteiger partial charge in [0.25, 0.3) is 0 Å². The van der Waals surface area contributed by atoms with Crippen LogP contribution < -0.4 is 5.32 Å². The third-order valence-electron chi connectivity index (χ3n) is 2.27. The van der Waals surface area contributed by atoms with Crippen molar-refractivity contribution in [2.45, 2.75) is 32.2 Å². The van der Waals surface area contributed by atoms with E-state index in [0.717, 1.165) is 25.7 Å². The first-order chi connectivity index (χ1) is 6.86. The van der Waals surface area contributed by atoms with Crippen LogP contribution in [0.1, 0.15) is 25.3 Å². The fraction of sp³-hybridized carbons (Fsp3) is 0.417. The number of nitrogens with one attached hydrogen (secondary N) is 1. The Balaban J connectivity index is 2.50. The lowest BCUT2D eigenvalue weighted by atomic mass is 10.0. The van der Waals surface area contributed by atoms with Crippen LogP contribution in [0.25, 0.3) is 0 Å². The number of carbonyl (C=O) groups excluding carboxylic acids is 1. The van der Waals surface area contributed by atoms with Crippen molar-refractivity contribution in [2.75, 3.05) is 0 Å². The zero-order valence-electron chi connectivity index (χ0n) is 8.57. The second kappa shape index (κ2) is 6.19. The summed E-state index contributed by atoms with van der Waals surface area (Å²) in [5.74, 6) is 0. The molecule has 0 aromatic heterocycles. The number of hydrogen-bond acceptors (Lipinski definition) is 1. The van der Waals surface area contributed by atoms with Crippen molar-refractivity contribution in [3.8, 4) is 0 Å². The van der Waals surface area contributed by atoms with Crippen molar-refractivity contribution in [1.82, 2.24) is 5.32 Å². The molecule has 1 atom stereocenters. The summed E-state index contributed by atoms with van der Waals surface area (Å²) in [7, 11) is 0. The molecular formula is C12H17NO. The van der Waals surface area contributed by atoms with Crippen LogP contribution in [-0.2, 0) is 11.2 Å². The van der Waals surface area contributed by atoms with Gasteiger partial charge in [0.05, 0.1) is 0 Å². The number of benzene rings is 1. The monoisotopic (exact) mass is 191 g/mol. The van der Waals surface area contributed by atoms with E-state index in [-0.39, 0.29) is 6.04 Å². The van der Waals surface area contributed by atoms with Gasteiger partial charge in [-0.2, -0.15) is 0 Å². The fourth-order valence-corrected chi connectivity index (χ4v) is 1.59. The zero-order valence-corrected chi connectivity index (χ0v) is 8.57. The average molecular weight is 191 g/mol. The lowest BCUT2D eigenvalue weighted by Crippen LogP contribution is -2.29. The van der Waals surface area contributed by atoms with Crippen LogP contribution in [0.4, 0.5) is 0 Å². The first-order valence-electron chi connectivity index (χ1n) is 5.10. The quantitative estimate of drug-likeness (QED) is 0.686. The highest BCUT2D eigenvalue weighted by Crippen LogP contribution is 2.06. The van der Waals surface area contributed by atoms with Crippen LogP contribution in [0.15, 0.2) is 30.3 Å². The molecule has 0 saturated heterocycles. The standard InChI is InChI=1S/C12H17NO/c1-2-6-12(13-10-14)9-11-7-4-3-5-8-11/h3-5,7-8,10,12H,2,6,9H2,1H3,(H,13,14). The molecule has 2 nitrogen and oxygen atoms in total. The van der Waals surface area contributed by atoms with Gasteiger partial charge in [-0.3, -0.25) is 4.79 Å². The minimum atomic E-state index is 0.278. The Labute approximate surface area is 85.3 Å². The Kier molecular flexibility index (Phi) is 4.76. The second-order valence-electron chi connectivity index (χ2n) is 3.46. The van der Waals surface area contributed by atoms with Crippen LogP contribution in [0.3, 0.4) is 0 Å². The maximum absolute atomic E-state index is 10.4. The highest BCUT2D eigenvalue weighted by atomic mass is 16.1. The maximum atomic E-state index is 10.4. The lowest BCUT2D eigenvalue weighted by Gasteiger charge is -2.14. The molecule has 76 valence electrons. The van der Waals surface area contributed by atoms with E-state index in [0.29, 0.717) is 0 Å². The number of hydrogen-bond donors (Lipinski definition) is 1. The molecular weight excluding hydrogens is 174 g/mol. The molecule has 1 aromatic carbocycles. The van der Waals surface area contributed by atoms with Gasteiger partial charge in [-0.05, 0) is 18.4 Å². The van der Waals surface area contributed by atoms with Gasteiger partial charge in [-0.25, -0.2) is 0 Å². The molecule has 0 aliphatic heterocycles. The van der Waals surface area contributed by atoms with Crippen molar-refractivity contribution < 1.29 is 4.79 Å². The molecule has 0 saturated carbocycles. The van der Waals surface area contributed by atoms with Gasteiger partial charge in [-0.15, -0.1) is 0 Å². The van der Waals surface area contributed by atoms with Gasteiger partial charge in [-0.1, -0.05) is 43.7 Å². The summed E-state index contributed by atoms with van der Waals surface area (Å²) in [6.45, 7) is 2.13. The summed E-state index contributed by atoms with van der Waals surface area (Å²) < 4.78 is 0. The fourth-order valence-electron chi connectivity index (χ4n) is 1.59. The van der Waals surface area contributed by atoms with E-state index < -0.39 is 0 Å². The van der Waals surface area contributed by atoms with Crippen molar-refractivity contribution in [3.63, 3.8) is 0 Å². The van der Waals surface area contributed by atoms with Crippen LogP contribution in [0.2, 0.25) is 0 Å². The van der Waals surface area contributed by atoms with Crippen LogP contribution in [0, 0.1) is 0 Å². The third kappa shape index (κ3) is 3.60. The van der Waals surface area contributed by atoms with Crippen LogP contribution in [0.5, 0.6) is 0 Å². The molecule has 1 aromatic rings. The molecule has 0 bridgehead atoms. The molecule has 0 aliphatic rings. The maximum Gasteiger partial charge on any atom is 0.207 e. The molecule has 1 unspecified atom stereocenters. The Bertz CT molecular complexity index is 258. The zero-order chi connectivity index (χ0) is 10.2. The van der Waals surface area contributed by atoms with E-state index in [2.05, 4.69) is 24.4 Å². The topological polar surface area (TPSA) is 29.1 Å². The van der Waals surface area contributed by atoms with Crippen molar-refractivity contribution >= 4 is 6.41 Å². The SMILES string of the molecule is CCCC(Cc1ccccc1)NC=O. The molecule has 14 heavy (non-hydrogen) atoms. The Hall–Kier alpha value is -1.31. The smallest absolute Gasteiger partial charge is 0.207 e. The van der Waals surface area contributed by atoms with Gasteiger partial charge in [0.2, 0.25) is 6.41 Å². The Morgan fingerprint density at radius 3 is 2.64 bits per heavy atom. The number of carbonyl (C=O) groups is 1. The van der Waals surface area contributed by atoms with Crippen LogP contribution >= 0.6 is 0 Å². The van der Waals surface area contributed by atoms with Gasteiger partial charge in [0.15, 0.2) is 0 Å². The van der Waals surface area contributed by atoms with E-state index in [1.807, 2.05) is 18.2 Å². The van der Waals surface area contributed by atoms with Crippen molar-refractivity contribution in [3.05, 3.63) is 35.9 Å². The molecule has 0 heterocycles. The van der Waals surface area contributed by atoms with Gasteiger partial charge < -0.3 is 5.32 Å². The summed E-state index contributed by atoms with van der Waals surface area (Å²) >= 11 is 0. The predicted molar refractivity (Wildman–Crippen MR) is 58.0 cm³/mol. The summed E-state index contributed by atoms with van der Waals surface area (Å²) in [4.78, 5) is 10.4. The van der Waals surface area contributed by atoms with Gasteiger partial charge in [0, 0.05) is 6.04 Å². The van der Waals surface area contributed by atoms with E-state index in [9.17, 15) is 4.79 Å². The normalized spacial score (nSPS) is 12.1. The molecule has 0 fully saturated rings. The molecule has 2 heteroatoms. The van der Waals surface area contributed by atoms with E-state index >= 15 is 0 Å². The highest BCUT2D eigenvalue weighted by molar-refractivity contribution is 5.46. The van der Waals surface area contributed by atoms with Crippen LogP contribution in [-0.4, -0.2) is 12.5 Å². The number of amides is 1. The second-order valence-corrected chi connectivity index (χ2v) is 3.46. The van der Waals surface area contributed by atoms with Crippen molar-refractivity contribution in [1.29, 1.82) is 0 Å². The summed E-state index contributed by atoms with van der Waals surface area (Å²) in [5, 5.41) is 2.85. The third-order valence-corrected chi connectivity index (χ3v) is 2.27. The lowest BCUT2D eigenvalue weighted by molar-refractivity contribution is -0.110. The number of rotatable bonds is 6. The van der Waals surface area contributed by atoms with E-state index in [1.54, 1.807) is 0 Å². The van der Waals surface area contributed by atoms with Gasteiger partial charge >= 0.3 is 0 Å². The summed E-state index contributed by atoms with van der Waals surface area (Å²) in [6.07, 6.45) is 3.85.